The maximum Gasteiger partial charge on any atom is 0.214 e. The molecule has 1 aliphatic carbocycles. The molecule has 2 N–H and O–H groups in total. The quantitative estimate of drug-likeness (QED) is 0.728. The van der Waals surface area contributed by atoms with Crippen LogP contribution in [-0.4, -0.2) is 4.98 Å². The summed E-state index contributed by atoms with van der Waals surface area (Å²) in [5.41, 5.74) is 6.70. The van der Waals surface area contributed by atoms with Crippen molar-refractivity contribution in [1.29, 1.82) is 0 Å². The van der Waals surface area contributed by atoms with Crippen LogP contribution in [0.15, 0.2) is 10.7 Å². The van der Waals surface area contributed by atoms with Crippen LogP contribution < -0.4 is 5.73 Å². The van der Waals surface area contributed by atoms with Crippen LogP contribution in [0.1, 0.15) is 44.2 Å². The standard InChI is InChI=1S/C9H14N2O/c1-6(2)7-5-12-8(11-7)9(10)3-4-9/h5-6H,3-4,10H2,1-2H3. The highest BCUT2D eigenvalue weighted by Gasteiger charge is 2.44. The highest BCUT2D eigenvalue weighted by molar-refractivity contribution is 5.15. The molecule has 1 aromatic rings. The van der Waals surface area contributed by atoms with Gasteiger partial charge in [-0.3, -0.25) is 0 Å². The molecule has 0 spiro atoms. The summed E-state index contributed by atoms with van der Waals surface area (Å²) in [7, 11) is 0. The second kappa shape index (κ2) is 2.33. The van der Waals surface area contributed by atoms with Crippen molar-refractivity contribution in [3.63, 3.8) is 0 Å². The molecule has 1 aliphatic rings. The maximum absolute atomic E-state index is 5.93. The molecule has 0 bridgehead atoms. The van der Waals surface area contributed by atoms with E-state index < -0.39 is 0 Å². The second-order valence-electron chi connectivity index (χ2n) is 3.89. The number of hydrogen-bond donors (Lipinski definition) is 1. The molecule has 2 rings (SSSR count). The lowest BCUT2D eigenvalue weighted by molar-refractivity contribution is 0.440. The van der Waals surface area contributed by atoms with Crippen molar-refractivity contribution in [3.8, 4) is 0 Å². The summed E-state index contributed by atoms with van der Waals surface area (Å²) in [6, 6.07) is 0. The molecular weight excluding hydrogens is 152 g/mol. The van der Waals surface area contributed by atoms with Gasteiger partial charge < -0.3 is 10.2 Å². The van der Waals surface area contributed by atoms with Gasteiger partial charge in [0.05, 0.1) is 11.2 Å². The van der Waals surface area contributed by atoms with E-state index in [1.54, 1.807) is 6.26 Å². The van der Waals surface area contributed by atoms with Crippen molar-refractivity contribution >= 4 is 0 Å². The van der Waals surface area contributed by atoms with Gasteiger partial charge >= 0.3 is 0 Å². The summed E-state index contributed by atoms with van der Waals surface area (Å²) < 4.78 is 5.32. The number of hydrogen-bond acceptors (Lipinski definition) is 3. The van der Waals surface area contributed by atoms with E-state index in [1.165, 1.54) is 0 Å². The first kappa shape index (κ1) is 7.80. The SMILES string of the molecule is CC(C)c1coc(C2(N)CC2)n1. The zero-order valence-electron chi connectivity index (χ0n) is 7.50. The number of oxazole rings is 1. The van der Waals surface area contributed by atoms with Gasteiger partial charge in [-0.15, -0.1) is 0 Å². The average Bonchev–Trinajstić information content (AvgIpc) is 2.61. The summed E-state index contributed by atoms with van der Waals surface area (Å²) in [4.78, 5) is 4.35. The normalized spacial score (nSPS) is 20.0. The van der Waals surface area contributed by atoms with E-state index in [0.717, 1.165) is 18.5 Å². The second-order valence-corrected chi connectivity index (χ2v) is 3.89. The summed E-state index contributed by atoms with van der Waals surface area (Å²) in [5, 5.41) is 0. The molecule has 0 unspecified atom stereocenters. The first-order valence-electron chi connectivity index (χ1n) is 4.36. The smallest absolute Gasteiger partial charge is 0.214 e. The van der Waals surface area contributed by atoms with E-state index in [1.807, 2.05) is 0 Å². The zero-order valence-corrected chi connectivity index (χ0v) is 7.50. The zero-order chi connectivity index (χ0) is 8.77. The van der Waals surface area contributed by atoms with E-state index in [9.17, 15) is 0 Å². The Morgan fingerprint density at radius 1 is 1.58 bits per heavy atom. The van der Waals surface area contributed by atoms with Gasteiger partial charge in [-0.05, 0) is 18.8 Å². The van der Waals surface area contributed by atoms with Gasteiger partial charge in [-0.1, -0.05) is 13.8 Å². The Morgan fingerprint density at radius 2 is 2.25 bits per heavy atom. The third-order valence-electron chi connectivity index (χ3n) is 2.33. The van der Waals surface area contributed by atoms with E-state index in [-0.39, 0.29) is 5.54 Å². The van der Waals surface area contributed by atoms with Crippen molar-refractivity contribution in [2.24, 2.45) is 5.73 Å². The molecule has 0 saturated heterocycles. The molecular formula is C9H14N2O. The molecule has 1 heterocycles. The topological polar surface area (TPSA) is 52.0 Å². The predicted octanol–water partition coefficient (Wildman–Crippen LogP) is 1.75. The third kappa shape index (κ3) is 1.14. The average molecular weight is 166 g/mol. The highest BCUT2D eigenvalue weighted by Crippen LogP contribution is 2.42. The molecule has 66 valence electrons. The number of nitrogens with two attached hydrogens (primary N) is 1. The van der Waals surface area contributed by atoms with Crippen molar-refractivity contribution < 1.29 is 4.42 Å². The van der Waals surface area contributed by atoms with Crippen LogP contribution in [0.3, 0.4) is 0 Å². The van der Waals surface area contributed by atoms with Gasteiger partial charge in [0, 0.05) is 0 Å². The summed E-state index contributed by atoms with van der Waals surface area (Å²) in [6.07, 6.45) is 3.73. The number of nitrogens with zero attached hydrogens (tertiary/aromatic N) is 1. The van der Waals surface area contributed by atoms with Crippen LogP contribution in [0.25, 0.3) is 0 Å². The Morgan fingerprint density at radius 3 is 2.67 bits per heavy atom. The first-order chi connectivity index (χ1) is 5.62. The first-order valence-corrected chi connectivity index (χ1v) is 4.36. The fourth-order valence-electron chi connectivity index (χ4n) is 1.13. The number of aromatic nitrogens is 1. The summed E-state index contributed by atoms with van der Waals surface area (Å²) in [6.45, 7) is 4.19. The van der Waals surface area contributed by atoms with Gasteiger partial charge in [-0.25, -0.2) is 4.98 Å². The molecule has 1 fully saturated rings. The van der Waals surface area contributed by atoms with E-state index in [2.05, 4.69) is 18.8 Å². The lowest BCUT2D eigenvalue weighted by Crippen LogP contribution is -2.19. The predicted molar refractivity (Wildman–Crippen MR) is 45.7 cm³/mol. The third-order valence-corrected chi connectivity index (χ3v) is 2.33. The molecule has 0 atom stereocenters. The minimum Gasteiger partial charge on any atom is -0.447 e. The van der Waals surface area contributed by atoms with Crippen LogP contribution in [-0.2, 0) is 5.54 Å². The Hall–Kier alpha value is -0.830. The molecule has 0 aromatic carbocycles. The Balaban J connectivity index is 2.25. The van der Waals surface area contributed by atoms with Crippen molar-refractivity contribution in [2.75, 3.05) is 0 Å². The molecule has 1 saturated carbocycles. The van der Waals surface area contributed by atoms with Crippen LogP contribution in [0.4, 0.5) is 0 Å². The van der Waals surface area contributed by atoms with Crippen molar-refractivity contribution in [2.45, 2.75) is 38.1 Å². The molecule has 3 heteroatoms. The Kier molecular flexibility index (Phi) is 1.51. The van der Waals surface area contributed by atoms with Gasteiger partial charge in [-0.2, -0.15) is 0 Å². The van der Waals surface area contributed by atoms with Crippen molar-refractivity contribution in [1.82, 2.24) is 4.98 Å². The highest BCUT2D eigenvalue weighted by atomic mass is 16.3. The fraction of sp³-hybridized carbons (Fsp3) is 0.667. The van der Waals surface area contributed by atoms with Crippen LogP contribution in [0, 0.1) is 0 Å². The van der Waals surface area contributed by atoms with E-state index in [4.69, 9.17) is 10.2 Å². The molecule has 0 amide bonds. The van der Waals surface area contributed by atoms with Gasteiger partial charge in [0.2, 0.25) is 5.89 Å². The van der Waals surface area contributed by atoms with Gasteiger partial charge in [0.25, 0.3) is 0 Å². The minimum absolute atomic E-state index is 0.229. The Labute approximate surface area is 72.0 Å². The lowest BCUT2D eigenvalue weighted by atomic mass is 10.2. The summed E-state index contributed by atoms with van der Waals surface area (Å²) in [5.74, 6) is 1.14. The molecule has 12 heavy (non-hydrogen) atoms. The number of rotatable bonds is 2. The maximum atomic E-state index is 5.93. The molecule has 3 nitrogen and oxygen atoms in total. The molecule has 1 aromatic heterocycles. The van der Waals surface area contributed by atoms with Gasteiger partial charge in [0.15, 0.2) is 0 Å². The monoisotopic (exact) mass is 166 g/mol. The Bertz CT molecular complexity index is 286. The molecule has 0 radical (unpaired) electrons. The molecule has 0 aliphatic heterocycles. The summed E-state index contributed by atoms with van der Waals surface area (Å²) >= 11 is 0. The minimum atomic E-state index is -0.229. The van der Waals surface area contributed by atoms with E-state index >= 15 is 0 Å². The fourth-order valence-corrected chi connectivity index (χ4v) is 1.13. The van der Waals surface area contributed by atoms with Crippen LogP contribution >= 0.6 is 0 Å². The van der Waals surface area contributed by atoms with E-state index in [0.29, 0.717) is 11.8 Å². The van der Waals surface area contributed by atoms with Crippen LogP contribution in [0.5, 0.6) is 0 Å². The largest absolute Gasteiger partial charge is 0.447 e. The van der Waals surface area contributed by atoms with Gasteiger partial charge in [0.1, 0.15) is 6.26 Å². The van der Waals surface area contributed by atoms with Crippen molar-refractivity contribution in [3.05, 3.63) is 17.8 Å². The lowest BCUT2D eigenvalue weighted by Gasteiger charge is -2.00. The van der Waals surface area contributed by atoms with Crippen LogP contribution in [0.2, 0.25) is 0 Å².